The van der Waals surface area contributed by atoms with Gasteiger partial charge in [-0.05, 0) is 52.8 Å². The standard InChI is InChI=1S/C27H31N3O2/c1-19(2)22-13-15-25(16-14-22)29-27(32)30(17-20(3)23-7-5-4-6-8-23)18-21-9-11-24(12-10-21)26(28)31/h4-16,19-20H,17-18H2,1-3H3,(H2,28,31)(H,29,32). The number of carbonyl (C=O) groups is 2. The second kappa shape index (κ2) is 10.6. The van der Waals surface area contributed by atoms with E-state index in [2.05, 4.69) is 38.2 Å². The number of primary amides is 1. The molecule has 3 aromatic carbocycles. The Morgan fingerprint density at radius 1 is 0.844 bits per heavy atom. The van der Waals surface area contributed by atoms with Crippen LogP contribution in [0.15, 0.2) is 78.9 Å². The van der Waals surface area contributed by atoms with Crippen molar-refractivity contribution < 1.29 is 9.59 Å². The van der Waals surface area contributed by atoms with Gasteiger partial charge in [0.1, 0.15) is 0 Å². The van der Waals surface area contributed by atoms with E-state index in [1.165, 1.54) is 11.1 Å². The van der Waals surface area contributed by atoms with Crippen molar-refractivity contribution in [3.05, 3.63) is 101 Å². The number of nitrogens with one attached hydrogen (secondary N) is 1. The molecule has 32 heavy (non-hydrogen) atoms. The van der Waals surface area contributed by atoms with Gasteiger partial charge in [0.25, 0.3) is 0 Å². The van der Waals surface area contributed by atoms with E-state index in [9.17, 15) is 9.59 Å². The largest absolute Gasteiger partial charge is 0.366 e. The third kappa shape index (κ3) is 6.20. The molecule has 3 rings (SSSR count). The van der Waals surface area contributed by atoms with Crippen LogP contribution >= 0.6 is 0 Å². The Labute approximate surface area is 190 Å². The van der Waals surface area contributed by atoms with Gasteiger partial charge in [0, 0.05) is 24.3 Å². The van der Waals surface area contributed by atoms with Gasteiger partial charge in [-0.25, -0.2) is 4.79 Å². The molecule has 3 amide bonds. The van der Waals surface area contributed by atoms with Gasteiger partial charge in [-0.3, -0.25) is 4.79 Å². The number of nitrogens with two attached hydrogens (primary N) is 1. The van der Waals surface area contributed by atoms with Crippen LogP contribution < -0.4 is 11.1 Å². The second-order valence-electron chi connectivity index (χ2n) is 8.46. The highest BCUT2D eigenvalue weighted by molar-refractivity contribution is 5.92. The van der Waals surface area contributed by atoms with Crippen LogP contribution in [0.4, 0.5) is 10.5 Å². The van der Waals surface area contributed by atoms with Gasteiger partial charge in [0.2, 0.25) is 5.91 Å². The van der Waals surface area contributed by atoms with Gasteiger partial charge in [0.15, 0.2) is 0 Å². The predicted octanol–water partition coefficient (Wildman–Crippen LogP) is 5.75. The molecule has 0 aliphatic carbocycles. The number of rotatable bonds is 8. The highest BCUT2D eigenvalue weighted by Crippen LogP contribution is 2.21. The van der Waals surface area contributed by atoms with Crippen LogP contribution in [0.3, 0.4) is 0 Å². The molecule has 1 unspecified atom stereocenters. The van der Waals surface area contributed by atoms with Crippen molar-refractivity contribution >= 4 is 17.6 Å². The summed E-state index contributed by atoms with van der Waals surface area (Å²) in [6.07, 6.45) is 0. The fourth-order valence-corrected chi connectivity index (χ4v) is 3.59. The number of nitrogens with zero attached hydrogens (tertiary/aromatic N) is 1. The number of carbonyl (C=O) groups excluding carboxylic acids is 2. The van der Waals surface area contributed by atoms with E-state index in [-0.39, 0.29) is 11.9 Å². The first kappa shape index (κ1) is 23.1. The van der Waals surface area contributed by atoms with Crippen LogP contribution in [0.1, 0.15) is 59.7 Å². The number of hydrogen-bond donors (Lipinski definition) is 2. The number of amides is 3. The van der Waals surface area contributed by atoms with Crippen LogP contribution in [0, 0.1) is 0 Å². The van der Waals surface area contributed by atoms with Crippen LogP contribution in [-0.2, 0) is 6.54 Å². The van der Waals surface area contributed by atoms with Gasteiger partial charge in [-0.1, -0.05) is 75.4 Å². The summed E-state index contributed by atoms with van der Waals surface area (Å²) in [5.74, 6) is 0.134. The van der Waals surface area contributed by atoms with E-state index in [0.717, 1.165) is 11.3 Å². The molecule has 0 bridgehead atoms. The lowest BCUT2D eigenvalue weighted by Gasteiger charge is -2.27. The van der Waals surface area contributed by atoms with E-state index >= 15 is 0 Å². The van der Waals surface area contributed by atoms with Crippen molar-refractivity contribution in [3.63, 3.8) is 0 Å². The van der Waals surface area contributed by atoms with Gasteiger partial charge in [0.05, 0.1) is 0 Å². The number of urea groups is 1. The van der Waals surface area contributed by atoms with Crippen molar-refractivity contribution in [3.8, 4) is 0 Å². The smallest absolute Gasteiger partial charge is 0.322 e. The first-order valence-electron chi connectivity index (χ1n) is 10.9. The van der Waals surface area contributed by atoms with Crippen molar-refractivity contribution in [1.82, 2.24) is 4.90 Å². The highest BCUT2D eigenvalue weighted by Gasteiger charge is 2.19. The second-order valence-corrected chi connectivity index (χ2v) is 8.46. The topological polar surface area (TPSA) is 75.4 Å². The van der Waals surface area contributed by atoms with Crippen LogP contribution in [-0.4, -0.2) is 23.4 Å². The molecule has 5 heteroatoms. The van der Waals surface area contributed by atoms with E-state index < -0.39 is 5.91 Å². The molecule has 3 aromatic rings. The molecular formula is C27H31N3O2. The third-order valence-electron chi connectivity index (χ3n) is 5.59. The molecule has 0 aromatic heterocycles. The maximum atomic E-state index is 13.2. The minimum Gasteiger partial charge on any atom is -0.366 e. The van der Waals surface area contributed by atoms with Crippen LogP contribution in [0.2, 0.25) is 0 Å². The maximum Gasteiger partial charge on any atom is 0.322 e. The molecule has 0 fully saturated rings. The van der Waals surface area contributed by atoms with Crippen LogP contribution in [0.5, 0.6) is 0 Å². The van der Waals surface area contributed by atoms with Crippen LogP contribution in [0.25, 0.3) is 0 Å². The summed E-state index contributed by atoms with van der Waals surface area (Å²) in [6.45, 7) is 7.38. The number of anilines is 1. The van der Waals surface area contributed by atoms with Gasteiger partial charge in [-0.2, -0.15) is 0 Å². The average Bonchev–Trinajstić information content (AvgIpc) is 2.79. The van der Waals surface area contributed by atoms with Gasteiger partial charge in [-0.15, -0.1) is 0 Å². The monoisotopic (exact) mass is 429 g/mol. The molecule has 5 nitrogen and oxygen atoms in total. The Kier molecular flexibility index (Phi) is 7.66. The molecule has 166 valence electrons. The number of benzene rings is 3. The van der Waals surface area contributed by atoms with Gasteiger partial charge < -0.3 is 16.0 Å². The zero-order valence-electron chi connectivity index (χ0n) is 18.9. The molecule has 0 radical (unpaired) electrons. The maximum absolute atomic E-state index is 13.2. The molecule has 0 spiro atoms. The Hall–Kier alpha value is -3.60. The zero-order chi connectivity index (χ0) is 23.1. The lowest BCUT2D eigenvalue weighted by molar-refractivity contribution is 0.1000. The summed E-state index contributed by atoms with van der Waals surface area (Å²) in [4.78, 5) is 26.4. The first-order valence-corrected chi connectivity index (χ1v) is 10.9. The van der Waals surface area contributed by atoms with Crippen molar-refractivity contribution in [2.75, 3.05) is 11.9 Å². The SMILES string of the molecule is CC(C)c1ccc(NC(=O)N(Cc2ccc(C(N)=O)cc2)CC(C)c2ccccc2)cc1. The molecule has 0 aliphatic rings. The Bertz CT molecular complexity index is 1030. The van der Waals surface area contributed by atoms with Gasteiger partial charge >= 0.3 is 6.03 Å². The zero-order valence-corrected chi connectivity index (χ0v) is 18.9. The number of hydrogen-bond acceptors (Lipinski definition) is 2. The summed E-state index contributed by atoms with van der Waals surface area (Å²) >= 11 is 0. The first-order chi connectivity index (χ1) is 15.3. The van der Waals surface area contributed by atoms with E-state index in [1.807, 2.05) is 54.6 Å². The van der Waals surface area contributed by atoms with E-state index in [0.29, 0.717) is 24.6 Å². The van der Waals surface area contributed by atoms with Crippen molar-refractivity contribution in [2.45, 2.75) is 39.2 Å². The lowest BCUT2D eigenvalue weighted by atomic mass is 10.0. The fourth-order valence-electron chi connectivity index (χ4n) is 3.59. The van der Waals surface area contributed by atoms with E-state index in [4.69, 9.17) is 5.73 Å². The quantitative estimate of drug-likeness (QED) is 0.479. The molecule has 0 heterocycles. The molecule has 0 saturated carbocycles. The van der Waals surface area contributed by atoms with Crippen molar-refractivity contribution in [1.29, 1.82) is 0 Å². The minimum atomic E-state index is -0.464. The lowest BCUT2D eigenvalue weighted by Crippen LogP contribution is -2.37. The van der Waals surface area contributed by atoms with Crippen molar-refractivity contribution in [2.24, 2.45) is 5.73 Å². The third-order valence-corrected chi connectivity index (χ3v) is 5.59. The summed E-state index contributed by atoms with van der Waals surface area (Å²) in [6, 6.07) is 25.0. The molecular weight excluding hydrogens is 398 g/mol. The molecule has 1 atom stereocenters. The summed E-state index contributed by atoms with van der Waals surface area (Å²) in [5, 5.41) is 3.03. The molecule has 3 N–H and O–H groups in total. The summed E-state index contributed by atoms with van der Waals surface area (Å²) < 4.78 is 0. The predicted molar refractivity (Wildman–Crippen MR) is 130 cm³/mol. The summed E-state index contributed by atoms with van der Waals surface area (Å²) in [7, 11) is 0. The average molecular weight is 430 g/mol. The Morgan fingerprint density at radius 3 is 2.03 bits per heavy atom. The Morgan fingerprint density at radius 2 is 1.47 bits per heavy atom. The fraction of sp³-hybridized carbons (Fsp3) is 0.259. The highest BCUT2D eigenvalue weighted by atomic mass is 16.2. The molecule has 0 aliphatic heterocycles. The Balaban J connectivity index is 1.78. The minimum absolute atomic E-state index is 0.162. The summed E-state index contributed by atoms with van der Waals surface area (Å²) in [5.41, 5.74) is 9.90. The molecule has 0 saturated heterocycles. The van der Waals surface area contributed by atoms with E-state index in [1.54, 1.807) is 17.0 Å². The normalized spacial score (nSPS) is 11.8.